The van der Waals surface area contributed by atoms with Crippen LogP contribution >= 0.6 is 0 Å². The van der Waals surface area contributed by atoms with Gasteiger partial charge in [0.25, 0.3) is 0 Å². The number of hydrogen-bond donors (Lipinski definition) is 2. The number of rotatable bonds is 5. The van der Waals surface area contributed by atoms with Gasteiger partial charge in [-0.1, -0.05) is 54.6 Å². The molecule has 110 valence electrons. The van der Waals surface area contributed by atoms with E-state index in [1.165, 1.54) is 11.1 Å². The summed E-state index contributed by atoms with van der Waals surface area (Å²) in [6.45, 7) is 3.81. The minimum atomic E-state index is -0.113. The van der Waals surface area contributed by atoms with Crippen molar-refractivity contribution in [2.75, 3.05) is 0 Å². The lowest BCUT2D eigenvalue weighted by molar-refractivity contribution is -0.122. The van der Waals surface area contributed by atoms with Gasteiger partial charge in [0.05, 0.1) is 6.04 Å². The third-order valence-electron chi connectivity index (χ3n) is 3.40. The largest absolute Gasteiger partial charge is 0.350 e. The molecule has 0 radical (unpaired) electrons. The highest BCUT2D eigenvalue weighted by molar-refractivity contribution is 5.77. The second-order valence-electron chi connectivity index (χ2n) is 5.46. The average molecular weight is 282 g/mol. The van der Waals surface area contributed by atoms with Crippen molar-refractivity contribution in [3.63, 3.8) is 0 Å². The molecule has 0 fully saturated rings. The first-order chi connectivity index (χ1) is 10.1. The van der Waals surface area contributed by atoms with Crippen LogP contribution in [0.2, 0.25) is 0 Å². The summed E-state index contributed by atoms with van der Waals surface area (Å²) in [5.41, 5.74) is 9.09. The lowest BCUT2D eigenvalue weighted by atomic mass is 10.0. The lowest BCUT2D eigenvalue weighted by Gasteiger charge is -2.15. The Labute approximate surface area is 126 Å². The average Bonchev–Trinajstić information content (AvgIpc) is 2.47. The molecule has 0 aliphatic heterocycles. The number of carbonyl (C=O) groups excluding carboxylic acids is 1. The molecule has 0 bridgehead atoms. The van der Waals surface area contributed by atoms with E-state index in [2.05, 4.69) is 41.7 Å². The van der Waals surface area contributed by atoms with Gasteiger partial charge in [0.15, 0.2) is 0 Å². The fourth-order valence-corrected chi connectivity index (χ4v) is 2.27. The predicted molar refractivity (Wildman–Crippen MR) is 86.7 cm³/mol. The topological polar surface area (TPSA) is 55.1 Å². The Morgan fingerprint density at radius 2 is 1.57 bits per heavy atom. The van der Waals surface area contributed by atoms with Gasteiger partial charge in [-0.25, -0.2) is 0 Å². The minimum absolute atomic E-state index is 0.00960. The van der Waals surface area contributed by atoms with E-state index in [0.29, 0.717) is 6.42 Å². The van der Waals surface area contributed by atoms with Gasteiger partial charge in [0.2, 0.25) is 5.91 Å². The van der Waals surface area contributed by atoms with Crippen molar-refractivity contribution in [3.8, 4) is 11.1 Å². The van der Waals surface area contributed by atoms with Crippen molar-refractivity contribution in [3.05, 3.63) is 60.2 Å². The van der Waals surface area contributed by atoms with Gasteiger partial charge in [0.1, 0.15) is 0 Å². The molecule has 3 N–H and O–H groups in total. The Morgan fingerprint density at radius 3 is 2.14 bits per heavy atom. The molecule has 2 atom stereocenters. The Bertz CT molecular complexity index is 576. The molecule has 1 amide bonds. The van der Waals surface area contributed by atoms with Crippen LogP contribution < -0.4 is 11.1 Å². The smallest absolute Gasteiger partial charge is 0.222 e. The third-order valence-corrected chi connectivity index (χ3v) is 3.40. The van der Waals surface area contributed by atoms with E-state index in [1.54, 1.807) is 0 Å². The van der Waals surface area contributed by atoms with Crippen LogP contribution in [0.5, 0.6) is 0 Å². The first-order valence-corrected chi connectivity index (χ1v) is 7.26. The zero-order valence-electron chi connectivity index (χ0n) is 12.5. The summed E-state index contributed by atoms with van der Waals surface area (Å²) in [5, 5.41) is 2.97. The number of nitrogens with one attached hydrogen (secondary N) is 1. The van der Waals surface area contributed by atoms with Crippen LogP contribution in [0.1, 0.15) is 31.9 Å². The third kappa shape index (κ3) is 4.43. The molecular formula is C18H22N2O. The zero-order valence-corrected chi connectivity index (χ0v) is 12.5. The first-order valence-electron chi connectivity index (χ1n) is 7.26. The van der Waals surface area contributed by atoms with E-state index in [-0.39, 0.29) is 18.0 Å². The molecule has 0 spiro atoms. The number of nitrogens with two attached hydrogens (primary N) is 1. The van der Waals surface area contributed by atoms with Gasteiger partial charge >= 0.3 is 0 Å². The maximum absolute atomic E-state index is 11.7. The molecule has 3 heteroatoms. The molecule has 3 nitrogen and oxygen atoms in total. The monoisotopic (exact) mass is 282 g/mol. The van der Waals surface area contributed by atoms with Crippen molar-refractivity contribution < 1.29 is 4.79 Å². The Morgan fingerprint density at radius 1 is 1.00 bits per heavy atom. The number of benzene rings is 2. The van der Waals surface area contributed by atoms with E-state index >= 15 is 0 Å². The lowest BCUT2D eigenvalue weighted by Crippen LogP contribution is -2.31. The SMILES string of the molecule is CC(N)CC(=O)NC(C)c1ccc(-c2ccccc2)cc1. The summed E-state index contributed by atoms with van der Waals surface area (Å²) in [6, 6.07) is 18.4. The Balaban J connectivity index is 2.03. The summed E-state index contributed by atoms with van der Waals surface area (Å²) in [5.74, 6) is -0.00960. The van der Waals surface area contributed by atoms with Crippen LogP contribution in [0.3, 0.4) is 0 Å². The summed E-state index contributed by atoms with van der Waals surface area (Å²) >= 11 is 0. The fraction of sp³-hybridized carbons (Fsp3) is 0.278. The van der Waals surface area contributed by atoms with E-state index in [1.807, 2.05) is 32.0 Å². The van der Waals surface area contributed by atoms with Crippen LogP contribution in [0.25, 0.3) is 11.1 Å². The van der Waals surface area contributed by atoms with Crippen LogP contribution in [0.4, 0.5) is 0 Å². The van der Waals surface area contributed by atoms with Crippen molar-refractivity contribution in [1.29, 1.82) is 0 Å². The fourth-order valence-electron chi connectivity index (χ4n) is 2.27. The molecule has 21 heavy (non-hydrogen) atoms. The summed E-state index contributed by atoms with van der Waals surface area (Å²) in [6.07, 6.45) is 0.354. The molecule has 0 aliphatic carbocycles. The highest BCUT2D eigenvalue weighted by Gasteiger charge is 2.11. The van der Waals surface area contributed by atoms with Gasteiger partial charge in [-0.15, -0.1) is 0 Å². The minimum Gasteiger partial charge on any atom is -0.350 e. The molecular weight excluding hydrogens is 260 g/mol. The summed E-state index contributed by atoms with van der Waals surface area (Å²) in [7, 11) is 0. The van der Waals surface area contributed by atoms with Crippen molar-refractivity contribution in [2.24, 2.45) is 5.73 Å². The van der Waals surface area contributed by atoms with Gasteiger partial charge in [-0.3, -0.25) is 4.79 Å². The number of carbonyl (C=O) groups is 1. The van der Waals surface area contributed by atoms with Crippen LogP contribution in [0.15, 0.2) is 54.6 Å². The molecule has 0 aromatic heterocycles. The predicted octanol–water partition coefficient (Wildman–Crippen LogP) is 3.27. The molecule has 0 saturated heterocycles. The second kappa shape index (κ2) is 7.04. The molecule has 2 rings (SSSR count). The standard InChI is InChI=1S/C18H22N2O/c1-13(19)12-18(21)20-14(2)15-8-10-17(11-9-15)16-6-4-3-5-7-16/h3-11,13-14H,12,19H2,1-2H3,(H,20,21). The normalized spacial score (nSPS) is 13.5. The second-order valence-corrected chi connectivity index (χ2v) is 5.46. The molecule has 2 aromatic rings. The first kappa shape index (κ1) is 15.3. The van der Waals surface area contributed by atoms with Gasteiger partial charge < -0.3 is 11.1 Å². The van der Waals surface area contributed by atoms with Gasteiger partial charge in [0, 0.05) is 12.5 Å². The van der Waals surface area contributed by atoms with E-state index in [4.69, 9.17) is 5.73 Å². The maximum atomic E-state index is 11.7. The molecule has 2 aromatic carbocycles. The van der Waals surface area contributed by atoms with Crippen LogP contribution in [-0.2, 0) is 4.79 Å². The van der Waals surface area contributed by atoms with Gasteiger partial charge in [-0.05, 0) is 30.5 Å². The highest BCUT2D eigenvalue weighted by atomic mass is 16.1. The van der Waals surface area contributed by atoms with Crippen molar-refractivity contribution in [2.45, 2.75) is 32.4 Å². The van der Waals surface area contributed by atoms with Crippen LogP contribution in [0, 0.1) is 0 Å². The van der Waals surface area contributed by atoms with E-state index in [9.17, 15) is 4.79 Å². The molecule has 0 heterocycles. The quantitative estimate of drug-likeness (QED) is 0.884. The molecule has 2 unspecified atom stereocenters. The number of hydrogen-bond acceptors (Lipinski definition) is 2. The van der Waals surface area contributed by atoms with Crippen LogP contribution in [-0.4, -0.2) is 11.9 Å². The number of amides is 1. The highest BCUT2D eigenvalue weighted by Crippen LogP contribution is 2.21. The Hall–Kier alpha value is -2.13. The maximum Gasteiger partial charge on any atom is 0.222 e. The summed E-state index contributed by atoms with van der Waals surface area (Å²) in [4.78, 5) is 11.7. The van der Waals surface area contributed by atoms with Crippen molar-refractivity contribution in [1.82, 2.24) is 5.32 Å². The van der Waals surface area contributed by atoms with Crippen molar-refractivity contribution >= 4 is 5.91 Å². The Kier molecular flexibility index (Phi) is 5.12. The van der Waals surface area contributed by atoms with E-state index in [0.717, 1.165) is 5.56 Å². The molecule has 0 aliphatic rings. The summed E-state index contributed by atoms with van der Waals surface area (Å²) < 4.78 is 0. The zero-order chi connectivity index (χ0) is 15.2. The van der Waals surface area contributed by atoms with Gasteiger partial charge in [-0.2, -0.15) is 0 Å². The van der Waals surface area contributed by atoms with E-state index < -0.39 is 0 Å². The molecule has 0 saturated carbocycles.